The monoisotopic (exact) mass is 386 g/mol. The summed E-state index contributed by atoms with van der Waals surface area (Å²) in [4.78, 5) is 24.0. The van der Waals surface area contributed by atoms with Gasteiger partial charge in [-0.05, 0) is 48.9 Å². The van der Waals surface area contributed by atoms with Gasteiger partial charge in [-0.15, -0.1) is 0 Å². The number of esters is 1. The quantitative estimate of drug-likeness (QED) is 0.393. The van der Waals surface area contributed by atoms with E-state index in [9.17, 15) is 14.9 Å². The molecule has 0 bridgehead atoms. The topological polar surface area (TPSA) is 92.3 Å². The van der Waals surface area contributed by atoms with Crippen molar-refractivity contribution in [1.82, 2.24) is 0 Å². The predicted molar refractivity (Wildman–Crippen MR) is 109 cm³/mol. The first-order valence-electron chi connectivity index (χ1n) is 8.79. The van der Waals surface area contributed by atoms with Crippen LogP contribution in [0.25, 0.3) is 17.4 Å². The molecule has 0 atom stereocenters. The number of carbonyl (C=O) groups is 2. The zero-order chi connectivity index (χ0) is 20.8. The summed E-state index contributed by atoms with van der Waals surface area (Å²) >= 11 is 0. The number of anilines is 1. The molecule has 1 amide bonds. The fourth-order valence-electron chi connectivity index (χ4n) is 2.77. The first kappa shape index (κ1) is 19.6. The van der Waals surface area contributed by atoms with E-state index in [4.69, 9.17) is 9.15 Å². The number of nitriles is 1. The van der Waals surface area contributed by atoms with Gasteiger partial charge in [-0.25, -0.2) is 4.79 Å². The van der Waals surface area contributed by atoms with E-state index in [1.165, 1.54) is 13.2 Å². The molecule has 144 valence electrons. The molecule has 1 N–H and O–H groups in total. The molecule has 6 heteroatoms. The maximum Gasteiger partial charge on any atom is 0.337 e. The number of ether oxygens (including phenoxy) is 1. The van der Waals surface area contributed by atoms with Gasteiger partial charge in [0, 0.05) is 17.3 Å². The largest absolute Gasteiger partial charge is 0.465 e. The highest BCUT2D eigenvalue weighted by Gasteiger charge is 2.13. The Morgan fingerprint density at radius 2 is 1.86 bits per heavy atom. The van der Waals surface area contributed by atoms with Crippen molar-refractivity contribution >= 4 is 23.6 Å². The summed E-state index contributed by atoms with van der Waals surface area (Å²) in [7, 11) is 1.33. The normalized spacial score (nSPS) is 10.9. The SMILES string of the molecule is COC(=O)c1ccc(-c2ccc(/C=C(/C#N)C(=O)Nc3ccccc3)o2)c(C)c1. The maximum atomic E-state index is 12.3. The third-order valence-electron chi connectivity index (χ3n) is 4.22. The molecule has 3 rings (SSSR count). The number of nitrogens with one attached hydrogen (secondary N) is 1. The Bertz CT molecular complexity index is 1120. The van der Waals surface area contributed by atoms with Crippen LogP contribution in [-0.2, 0) is 9.53 Å². The van der Waals surface area contributed by atoms with Gasteiger partial charge in [-0.1, -0.05) is 24.3 Å². The van der Waals surface area contributed by atoms with Gasteiger partial charge in [-0.3, -0.25) is 4.79 Å². The molecule has 0 unspecified atom stereocenters. The molecule has 3 aromatic rings. The van der Waals surface area contributed by atoms with Gasteiger partial charge < -0.3 is 14.5 Å². The molecule has 1 heterocycles. The van der Waals surface area contributed by atoms with Crippen LogP contribution in [0.15, 0.2) is 70.7 Å². The van der Waals surface area contributed by atoms with E-state index in [-0.39, 0.29) is 5.57 Å². The van der Waals surface area contributed by atoms with E-state index in [1.807, 2.05) is 19.1 Å². The molecule has 0 saturated carbocycles. The van der Waals surface area contributed by atoms with Crippen molar-refractivity contribution in [2.75, 3.05) is 12.4 Å². The molecule has 0 aliphatic heterocycles. The van der Waals surface area contributed by atoms with Crippen molar-refractivity contribution in [3.05, 3.63) is 83.1 Å². The second-order valence-electron chi connectivity index (χ2n) is 6.21. The number of hydrogen-bond donors (Lipinski definition) is 1. The molecule has 29 heavy (non-hydrogen) atoms. The number of hydrogen-bond acceptors (Lipinski definition) is 5. The van der Waals surface area contributed by atoms with Crippen molar-refractivity contribution in [2.45, 2.75) is 6.92 Å². The zero-order valence-corrected chi connectivity index (χ0v) is 15.9. The Balaban J connectivity index is 1.82. The average molecular weight is 386 g/mol. The highest BCUT2D eigenvalue weighted by Crippen LogP contribution is 2.27. The maximum absolute atomic E-state index is 12.3. The number of methoxy groups -OCH3 is 1. The Labute approximate surface area is 168 Å². The van der Waals surface area contributed by atoms with Crippen LogP contribution >= 0.6 is 0 Å². The van der Waals surface area contributed by atoms with Gasteiger partial charge in [0.1, 0.15) is 23.2 Å². The zero-order valence-electron chi connectivity index (χ0n) is 15.9. The number of nitrogens with zero attached hydrogens (tertiary/aromatic N) is 1. The highest BCUT2D eigenvalue weighted by atomic mass is 16.5. The summed E-state index contributed by atoms with van der Waals surface area (Å²) in [5.74, 6) is 0.00296. The van der Waals surface area contributed by atoms with E-state index < -0.39 is 11.9 Å². The number of benzene rings is 2. The lowest BCUT2D eigenvalue weighted by atomic mass is 10.0. The number of para-hydroxylation sites is 1. The van der Waals surface area contributed by atoms with Crippen LogP contribution in [0.4, 0.5) is 5.69 Å². The third kappa shape index (κ3) is 4.60. The van der Waals surface area contributed by atoms with Crippen molar-refractivity contribution in [3.8, 4) is 17.4 Å². The van der Waals surface area contributed by atoms with E-state index in [2.05, 4.69) is 5.32 Å². The highest BCUT2D eigenvalue weighted by molar-refractivity contribution is 6.09. The minimum atomic E-state index is -0.518. The number of furan rings is 1. The molecular formula is C23H18N2O4. The number of amides is 1. The second kappa shape index (κ2) is 8.72. The van der Waals surface area contributed by atoms with Gasteiger partial charge in [0.25, 0.3) is 5.91 Å². The number of rotatable bonds is 5. The fraction of sp³-hybridized carbons (Fsp3) is 0.0870. The van der Waals surface area contributed by atoms with E-state index in [1.54, 1.807) is 54.6 Å². The standard InChI is InChI=1S/C23H18N2O4/c1-15-12-16(23(27)28-2)8-10-20(15)21-11-9-19(29-21)13-17(14-24)22(26)25-18-6-4-3-5-7-18/h3-13H,1-2H3,(H,25,26)/b17-13-. The second-order valence-corrected chi connectivity index (χ2v) is 6.21. The van der Waals surface area contributed by atoms with E-state index in [0.29, 0.717) is 22.8 Å². The third-order valence-corrected chi connectivity index (χ3v) is 4.22. The van der Waals surface area contributed by atoms with E-state index in [0.717, 1.165) is 11.1 Å². The number of aryl methyl sites for hydroxylation is 1. The molecule has 0 spiro atoms. The molecule has 0 fully saturated rings. The lowest BCUT2D eigenvalue weighted by Gasteiger charge is -2.05. The van der Waals surface area contributed by atoms with Crippen LogP contribution in [0.1, 0.15) is 21.7 Å². The first-order valence-corrected chi connectivity index (χ1v) is 8.79. The Kier molecular flexibility index (Phi) is 5.91. The van der Waals surface area contributed by atoms with Gasteiger partial charge in [0.2, 0.25) is 0 Å². The lowest BCUT2D eigenvalue weighted by molar-refractivity contribution is -0.112. The van der Waals surface area contributed by atoms with Crippen LogP contribution in [0.2, 0.25) is 0 Å². The molecule has 0 radical (unpaired) electrons. The summed E-state index contributed by atoms with van der Waals surface area (Å²) in [6.07, 6.45) is 1.39. The van der Waals surface area contributed by atoms with Crippen LogP contribution in [0.5, 0.6) is 0 Å². The van der Waals surface area contributed by atoms with Crippen molar-refractivity contribution in [1.29, 1.82) is 5.26 Å². The molecule has 1 aromatic heterocycles. The Morgan fingerprint density at radius 1 is 1.10 bits per heavy atom. The van der Waals surface area contributed by atoms with Crippen LogP contribution in [-0.4, -0.2) is 19.0 Å². The van der Waals surface area contributed by atoms with Gasteiger partial charge in [-0.2, -0.15) is 5.26 Å². The summed E-state index contributed by atoms with van der Waals surface area (Å²) in [6.45, 7) is 1.85. The summed E-state index contributed by atoms with van der Waals surface area (Å²) in [5, 5.41) is 12.0. The summed E-state index contributed by atoms with van der Waals surface area (Å²) in [6, 6.07) is 19.3. The lowest BCUT2D eigenvalue weighted by Crippen LogP contribution is -2.13. The Morgan fingerprint density at radius 3 is 2.52 bits per heavy atom. The fourth-order valence-corrected chi connectivity index (χ4v) is 2.77. The number of carbonyl (C=O) groups excluding carboxylic acids is 2. The average Bonchev–Trinajstić information content (AvgIpc) is 3.20. The van der Waals surface area contributed by atoms with E-state index >= 15 is 0 Å². The molecular weight excluding hydrogens is 368 g/mol. The molecule has 6 nitrogen and oxygen atoms in total. The van der Waals surface area contributed by atoms with Crippen molar-refractivity contribution < 1.29 is 18.7 Å². The van der Waals surface area contributed by atoms with Gasteiger partial charge >= 0.3 is 5.97 Å². The summed E-state index contributed by atoms with van der Waals surface area (Å²) < 4.78 is 10.5. The molecule has 2 aromatic carbocycles. The minimum Gasteiger partial charge on any atom is -0.465 e. The molecule has 0 aliphatic carbocycles. The van der Waals surface area contributed by atoms with Crippen molar-refractivity contribution in [2.24, 2.45) is 0 Å². The van der Waals surface area contributed by atoms with Crippen molar-refractivity contribution in [3.63, 3.8) is 0 Å². The van der Waals surface area contributed by atoms with Crippen LogP contribution in [0.3, 0.4) is 0 Å². The molecule has 0 saturated heterocycles. The van der Waals surface area contributed by atoms with Crippen LogP contribution in [0, 0.1) is 18.3 Å². The van der Waals surface area contributed by atoms with Gasteiger partial charge in [0.05, 0.1) is 12.7 Å². The Hall–Kier alpha value is -4.11. The molecule has 0 aliphatic rings. The summed E-state index contributed by atoms with van der Waals surface area (Å²) in [5.41, 5.74) is 2.60. The smallest absolute Gasteiger partial charge is 0.337 e. The minimum absolute atomic E-state index is 0.0764. The van der Waals surface area contributed by atoms with Gasteiger partial charge in [0.15, 0.2) is 0 Å². The van der Waals surface area contributed by atoms with Crippen LogP contribution < -0.4 is 5.32 Å². The predicted octanol–water partition coefficient (Wildman–Crippen LogP) is 4.59. The first-order chi connectivity index (χ1) is 14.0.